The number of hydrogen-bond acceptors (Lipinski definition) is 4. The SMILES string of the molecule is CCOCCCc1ccc2c(c1)C1(NC(=O)N(CC(F)F)C1=O)[C@]1(CC[C@H](OC)CC1)C2. The van der Waals surface area contributed by atoms with E-state index in [9.17, 15) is 18.4 Å². The summed E-state index contributed by atoms with van der Waals surface area (Å²) in [6.45, 7) is 2.39. The van der Waals surface area contributed by atoms with E-state index in [0.29, 0.717) is 37.4 Å². The van der Waals surface area contributed by atoms with Gasteiger partial charge in [0.25, 0.3) is 12.3 Å². The molecule has 1 unspecified atom stereocenters. The Morgan fingerprint density at radius 2 is 2.00 bits per heavy atom. The molecule has 1 atom stereocenters. The van der Waals surface area contributed by atoms with Gasteiger partial charge in [-0.1, -0.05) is 18.2 Å². The van der Waals surface area contributed by atoms with Crippen LogP contribution in [0.5, 0.6) is 0 Å². The van der Waals surface area contributed by atoms with Crippen LogP contribution in [-0.4, -0.2) is 56.2 Å². The molecule has 6 nitrogen and oxygen atoms in total. The third kappa shape index (κ3) is 3.71. The molecule has 1 heterocycles. The molecule has 2 fully saturated rings. The number of carbonyl (C=O) groups is 2. The molecule has 176 valence electrons. The number of fused-ring (bicyclic) bond motifs is 3. The van der Waals surface area contributed by atoms with Crippen molar-refractivity contribution < 1.29 is 27.8 Å². The van der Waals surface area contributed by atoms with Gasteiger partial charge < -0.3 is 14.8 Å². The van der Waals surface area contributed by atoms with Gasteiger partial charge in [-0.25, -0.2) is 13.6 Å². The number of aryl methyl sites for hydroxylation is 1. The highest BCUT2D eigenvalue weighted by Gasteiger charge is 2.68. The Balaban J connectivity index is 1.72. The van der Waals surface area contributed by atoms with Crippen LogP contribution in [0.15, 0.2) is 18.2 Å². The maximum absolute atomic E-state index is 13.7. The van der Waals surface area contributed by atoms with Crippen molar-refractivity contribution in [2.24, 2.45) is 5.41 Å². The van der Waals surface area contributed by atoms with Crippen LogP contribution in [0.2, 0.25) is 0 Å². The van der Waals surface area contributed by atoms with Gasteiger partial charge >= 0.3 is 6.03 Å². The van der Waals surface area contributed by atoms with Gasteiger partial charge in [0.05, 0.1) is 12.6 Å². The fourth-order valence-electron chi connectivity index (χ4n) is 5.94. The zero-order valence-corrected chi connectivity index (χ0v) is 18.8. The van der Waals surface area contributed by atoms with Crippen molar-refractivity contribution in [1.82, 2.24) is 10.2 Å². The molecular weight excluding hydrogens is 418 g/mol. The Hall–Kier alpha value is -2.06. The van der Waals surface area contributed by atoms with Gasteiger partial charge in [-0.2, -0.15) is 0 Å². The molecule has 0 radical (unpaired) electrons. The van der Waals surface area contributed by atoms with Crippen LogP contribution in [0, 0.1) is 5.41 Å². The fourth-order valence-corrected chi connectivity index (χ4v) is 5.94. The zero-order chi connectivity index (χ0) is 22.9. The predicted octanol–water partition coefficient (Wildman–Crippen LogP) is 3.80. The second-order valence-corrected chi connectivity index (χ2v) is 9.17. The summed E-state index contributed by atoms with van der Waals surface area (Å²) in [5, 5.41) is 2.93. The number of ether oxygens (including phenoxy) is 2. The lowest BCUT2D eigenvalue weighted by Gasteiger charge is -2.46. The summed E-state index contributed by atoms with van der Waals surface area (Å²) in [5.74, 6) is -0.538. The van der Waals surface area contributed by atoms with Crippen molar-refractivity contribution in [3.63, 3.8) is 0 Å². The standard InChI is InChI=1S/C24H32F2N2O4/c1-3-32-12-4-5-16-6-7-17-14-23(10-8-18(31-2)9-11-23)24(19(17)13-16)21(29)28(15-20(25)26)22(30)27-24/h6-7,13,18,20H,3-5,8-12,14-15H2,1-2H3,(H,27,30)/t18-,23-,24?. The average molecular weight is 451 g/mol. The molecule has 1 aliphatic heterocycles. The maximum Gasteiger partial charge on any atom is 0.325 e. The number of benzene rings is 1. The average Bonchev–Trinajstić information content (AvgIpc) is 3.18. The van der Waals surface area contributed by atoms with Crippen LogP contribution >= 0.6 is 0 Å². The van der Waals surface area contributed by atoms with Gasteiger partial charge in [0.2, 0.25) is 0 Å². The lowest BCUT2D eigenvalue weighted by atomic mass is 9.61. The molecule has 1 saturated heterocycles. The van der Waals surface area contributed by atoms with Crippen LogP contribution in [0.1, 0.15) is 55.7 Å². The van der Waals surface area contributed by atoms with Crippen molar-refractivity contribution in [2.45, 2.75) is 69.9 Å². The van der Waals surface area contributed by atoms with Crippen LogP contribution in [0.25, 0.3) is 0 Å². The molecule has 3 amide bonds. The van der Waals surface area contributed by atoms with E-state index in [1.165, 1.54) is 0 Å². The third-order valence-corrected chi connectivity index (χ3v) is 7.51. The van der Waals surface area contributed by atoms with Crippen LogP contribution in [-0.2, 0) is 32.6 Å². The first kappa shape index (κ1) is 23.1. The topological polar surface area (TPSA) is 67.9 Å². The minimum Gasteiger partial charge on any atom is -0.382 e. The lowest BCUT2D eigenvalue weighted by molar-refractivity contribution is -0.139. The molecule has 1 saturated carbocycles. The second-order valence-electron chi connectivity index (χ2n) is 9.17. The number of rotatable bonds is 8. The predicted molar refractivity (Wildman–Crippen MR) is 115 cm³/mol. The molecule has 3 aliphatic rings. The Morgan fingerprint density at radius 3 is 2.66 bits per heavy atom. The number of nitrogens with zero attached hydrogens (tertiary/aromatic N) is 1. The highest BCUT2D eigenvalue weighted by molar-refractivity contribution is 6.09. The lowest BCUT2D eigenvalue weighted by Crippen LogP contribution is -2.57. The first-order chi connectivity index (χ1) is 15.4. The molecule has 4 rings (SSSR count). The van der Waals surface area contributed by atoms with E-state index in [4.69, 9.17) is 9.47 Å². The quantitative estimate of drug-likeness (QED) is 0.483. The minimum atomic E-state index is -2.77. The van der Waals surface area contributed by atoms with Gasteiger partial charge in [-0.3, -0.25) is 9.69 Å². The Morgan fingerprint density at radius 1 is 1.25 bits per heavy atom. The van der Waals surface area contributed by atoms with Crippen molar-refractivity contribution in [3.05, 3.63) is 34.9 Å². The normalized spacial score (nSPS) is 29.4. The van der Waals surface area contributed by atoms with Gasteiger partial charge in [-0.05, 0) is 68.6 Å². The van der Waals surface area contributed by atoms with E-state index in [2.05, 4.69) is 11.4 Å². The Kier molecular flexibility index (Phi) is 6.54. The molecule has 8 heteroatoms. The first-order valence-corrected chi connectivity index (χ1v) is 11.5. The molecule has 2 spiro atoms. The van der Waals surface area contributed by atoms with Crippen LogP contribution in [0.4, 0.5) is 13.6 Å². The highest BCUT2D eigenvalue weighted by atomic mass is 19.3. The highest BCUT2D eigenvalue weighted by Crippen LogP contribution is 2.60. The number of amides is 3. The number of hydrogen-bond donors (Lipinski definition) is 1. The molecular formula is C24H32F2N2O4. The molecule has 0 aromatic heterocycles. The monoisotopic (exact) mass is 450 g/mol. The van der Waals surface area contributed by atoms with Crippen LogP contribution < -0.4 is 5.32 Å². The summed E-state index contributed by atoms with van der Waals surface area (Å²) in [6, 6.07) is 5.39. The summed E-state index contributed by atoms with van der Waals surface area (Å²) >= 11 is 0. The first-order valence-electron chi connectivity index (χ1n) is 11.5. The van der Waals surface area contributed by atoms with Crippen molar-refractivity contribution in [1.29, 1.82) is 0 Å². The molecule has 1 aromatic rings. The number of alkyl halides is 2. The number of methoxy groups -OCH3 is 1. The second kappa shape index (κ2) is 9.06. The summed E-state index contributed by atoms with van der Waals surface area (Å²) in [6.07, 6.45) is 2.53. The minimum absolute atomic E-state index is 0.111. The third-order valence-electron chi connectivity index (χ3n) is 7.51. The van der Waals surface area contributed by atoms with E-state index >= 15 is 0 Å². The Bertz CT molecular complexity index is 870. The van der Waals surface area contributed by atoms with Crippen LogP contribution in [0.3, 0.4) is 0 Å². The largest absolute Gasteiger partial charge is 0.382 e. The smallest absolute Gasteiger partial charge is 0.325 e. The molecule has 1 N–H and O–H groups in total. The molecule has 0 bridgehead atoms. The van der Waals surface area contributed by atoms with Gasteiger partial charge in [0.1, 0.15) is 0 Å². The number of imide groups is 1. The van der Waals surface area contributed by atoms with E-state index in [0.717, 1.165) is 42.4 Å². The molecule has 32 heavy (non-hydrogen) atoms. The molecule has 1 aromatic carbocycles. The van der Waals surface area contributed by atoms with Crippen molar-refractivity contribution >= 4 is 11.9 Å². The fraction of sp³-hybridized carbons (Fsp3) is 0.667. The van der Waals surface area contributed by atoms with E-state index in [1.807, 2.05) is 19.1 Å². The summed E-state index contributed by atoms with van der Waals surface area (Å²) in [5.41, 5.74) is 1.03. The summed E-state index contributed by atoms with van der Waals surface area (Å²) in [4.78, 5) is 27.2. The van der Waals surface area contributed by atoms with E-state index in [-0.39, 0.29) is 6.10 Å². The van der Waals surface area contributed by atoms with E-state index < -0.39 is 35.9 Å². The van der Waals surface area contributed by atoms with Gasteiger partial charge in [0, 0.05) is 25.7 Å². The van der Waals surface area contributed by atoms with Gasteiger partial charge in [0.15, 0.2) is 5.54 Å². The van der Waals surface area contributed by atoms with E-state index in [1.54, 1.807) is 7.11 Å². The van der Waals surface area contributed by atoms with Crippen molar-refractivity contribution in [3.8, 4) is 0 Å². The molecule has 2 aliphatic carbocycles. The number of halogens is 2. The summed E-state index contributed by atoms with van der Waals surface area (Å²) < 4.78 is 37.4. The zero-order valence-electron chi connectivity index (χ0n) is 18.8. The Labute approximate surface area is 187 Å². The van der Waals surface area contributed by atoms with Crippen molar-refractivity contribution in [2.75, 3.05) is 26.9 Å². The van der Waals surface area contributed by atoms with Gasteiger partial charge in [-0.15, -0.1) is 0 Å². The number of urea groups is 1. The number of nitrogens with one attached hydrogen (secondary N) is 1. The number of carbonyl (C=O) groups excluding carboxylic acids is 2. The maximum atomic E-state index is 13.7. The summed E-state index contributed by atoms with van der Waals surface area (Å²) in [7, 11) is 1.68.